The molecule has 0 aliphatic rings. The molecule has 0 atom stereocenters. The van der Waals surface area contributed by atoms with Crippen molar-refractivity contribution in [3.63, 3.8) is 0 Å². The summed E-state index contributed by atoms with van der Waals surface area (Å²) in [6.45, 7) is 18.0. The second kappa shape index (κ2) is 12.6. The van der Waals surface area contributed by atoms with Crippen LogP contribution in [-0.2, 0) is 0 Å². The highest BCUT2D eigenvalue weighted by molar-refractivity contribution is 4.98. The van der Waals surface area contributed by atoms with Gasteiger partial charge in [-0.15, -0.1) is 0 Å². The fourth-order valence-corrected chi connectivity index (χ4v) is 2.12. The van der Waals surface area contributed by atoms with Crippen molar-refractivity contribution in [3.05, 3.63) is 53.9 Å². The van der Waals surface area contributed by atoms with Crippen LogP contribution in [0.15, 0.2) is 19.0 Å². The highest BCUT2D eigenvalue weighted by atomic mass is 15.0. The van der Waals surface area contributed by atoms with E-state index in [-0.39, 0.29) is 0 Å². The van der Waals surface area contributed by atoms with Gasteiger partial charge in [-0.3, -0.25) is 0 Å². The smallest absolute Gasteiger partial charge is 0.135 e. The third-order valence-electron chi connectivity index (χ3n) is 3.65. The van der Waals surface area contributed by atoms with Crippen molar-refractivity contribution in [2.75, 3.05) is 0 Å². The van der Waals surface area contributed by atoms with Gasteiger partial charge in [0.15, 0.2) is 0 Å². The Hall–Kier alpha value is -2.97. The summed E-state index contributed by atoms with van der Waals surface area (Å²) >= 11 is 0. The van der Waals surface area contributed by atoms with Crippen molar-refractivity contribution < 1.29 is 0 Å². The van der Waals surface area contributed by atoms with Gasteiger partial charge in [0, 0.05) is 17.8 Å². The van der Waals surface area contributed by atoms with E-state index >= 15 is 0 Å². The van der Waals surface area contributed by atoms with Crippen molar-refractivity contribution in [1.29, 1.82) is 0 Å². The summed E-state index contributed by atoms with van der Waals surface area (Å²) in [5.41, 5.74) is 0. The van der Waals surface area contributed by atoms with E-state index in [1.807, 2.05) is 20.8 Å². The SMILES string of the molecule is CC(C)c1ncncn1.Cc1nc(C)nc(C(C)C)n1.Cc1ncnc(C(C)C)n1. The first kappa shape index (κ1) is 25.1. The maximum atomic E-state index is 4.21. The Morgan fingerprint density at radius 3 is 1.27 bits per heavy atom. The Morgan fingerprint density at radius 2 is 0.900 bits per heavy atom. The zero-order chi connectivity index (χ0) is 22.7. The molecule has 0 unspecified atom stereocenters. The molecule has 0 aliphatic carbocycles. The molecule has 9 nitrogen and oxygen atoms in total. The van der Waals surface area contributed by atoms with E-state index < -0.39 is 0 Å². The summed E-state index contributed by atoms with van der Waals surface area (Å²) in [5.74, 6) is 6.18. The van der Waals surface area contributed by atoms with Crippen LogP contribution in [-0.4, -0.2) is 44.9 Å². The predicted octanol–water partition coefficient (Wildman–Crippen LogP) is 3.91. The molecule has 0 saturated heterocycles. The Morgan fingerprint density at radius 1 is 0.467 bits per heavy atom. The van der Waals surface area contributed by atoms with Crippen LogP contribution in [0.25, 0.3) is 0 Å². The standard InChI is InChI=1S/C8H13N3.C7H11N3.C6H9N3/c1-5(2)8-10-6(3)9-7(4)11-8;1-5(2)7-9-4-8-6(3)10-7;1-5(2)6-8-3-7-4-9-6/h5H,1-4H3;4-5H,1-3H3;3-5H,1-2H3. The van der Waals surface area contributed by atoms with E-state index in [9.17, 15) is 0 Å². The van der Waals surface area contributed by atoms with Gasteiger partial charge in [0.1, 0.15) is 53.9 Å². The lowest BCUT2D eigenvalue weighted by Gasteiger charge is -2.03. The molecule has 162 valence electrons. The minimum Gasteiger partial charge on any atom is -0.225 e. The monoisotopic (exact) mass is 411 g/mol. The highest BCUT2D eigenvalue weighted by Gasteiger charge is 2.04. The van der Waals surface area contributed by atoms with Crippen LogP contribution in [0.3, 0.4) is 0 Å². The molecule has 0 spiro atoms. The molecule has 0 amide bonds. The van der Waals surface area contributed by atoms with E-state index in [2.05, 4.69) is 86.4 Å². The maximum Gasteiger partial charge on any atom is 0.135 e. The Kier molecular flexibility index (Phi) is 10.5. The van der Waals surface area contributed by atoms with E-state index in [4.69, 9.17) is 0 Å². The maximum absolute atomic E-state index is 4.21. The zero-order valence-corrected chi connectivity index (χ0v) is 19.5. The number of hydrogen-bond donors (Lipinski definition) is 0. The normalized spacial score (nSPS) is 10.4. The van der Waals surface area contributed by atoms with Gasteiger partial charge in [-0.05, 0) is 20.8 Å². The van der Waals surface area contributed by atoms with E-state index in [1.54, 1.807) is 6.33 Å². The second-order valence-electron chi connectivity index (χ2n) is 7.64. The van der Waals surface area contributed by atoms with Crippen molar-refractivity contribution in [2.24, 2.45) is 0 Å². The van der Waals surface area contributed by atoms with Gasteiger partial charge >= 0.3 is 0 Å². The molecule has 3 aromatic heterocycles. The van der Waals surface area contributed by atoms with Crippen LogP contribution in [0.5, 0.6) is 0 Å². The summed E-state index contributed by atoms with van der Waals surface area (Å²) in [4.78, 5) is 36.2. The molecular formula is C21H33N9. The van der Waals surface area contributed by atoms with Crippen LogP contribution < -0.4 is 0 Å². The van der Waals surface area contributed by atoms with Crippen molar-refractivity contribution >= 4 is 0 Å². The lowest BCUT2D eigenvalue weighted by molar-refractivity contribution is 0.732. The number of rotatable bonds is 3. The summed E-state index contributed by atoms with van der Waals surface area (Å²) < 4.78 is 0. The first-order valence-electron chi connectivity index (χ1n) is 10.1. The summed E-state index contributed by atoms with van der Waals surface area (Å²) in [5, 5.41) is 0. The van der Waals surface area contributed by atoms with Crippen LogP contribution >= 0.6 is 0 Å². The third kappa shape index (κ3) is 9.49. The van der Waals surface area contributed by atoms with E-state index in [1.165, 1.54) is 12.7 Å². The predicted molar refractivity (Wildman–Crippen MR) is 116 cm³/mol. The molecule has 3 heterocycles. The number of nitrogens with zero attached hydrogens (tertiary/aromatic N) is 9. The topological polar surface area (TPSA) is 116 Å². The highest BCUT2D eigenvalue weighted by Crippen LogP contribution is 2.08. The fraction of sp³-hybridized carbons (Fsp3) is 0.571. The van der Waals surface area contributed by atoms with Gasteiger partial charge in [-0.1, -0.05) is 41.5 Å². The fourth-order valence-electron chi connectivity index (χ4n) is 2.12. The number of aryl methyl sites for hydroxylation is 3. The van der Waals surface area contributed by atoms with Crippen molar-refractivity contribution in [3.8, 4) is 0 Å². The van der Waals surface area contributed by atoms with Gasteiger partial charge in [0.05, 0.1) is 0 Å². The minimum absolute atomic E-state index is 0.385. The van der Waals surface area contributed by atoms with Gasteiger partial charge < -0.3 is 0 Å². The second-order valence-corrected chi connectivity index (χ2v) is 7.64. The molecule has 3 rings (SSSR count). The Balaban J connectivity index is 0.000000226. The van der Waals surface area contributed by atoms with Gasteiger partial charge in [-0.2, -0.15) is 0 Å². The molecule has 9 heteroatoms. The van der Waals surface area contributed by atoms with Gasteiger partial charge in [-0.25, -0.2) is 44.9 Å². The summed E-state index contributed by atoms with van der Waals surface area (Å²) in [6.07, 6.45) is 4.59. The number of hydrogen-bond acceptors (Lipinski definition) is 9. The molecule has 0 fully saturated rings. The first-order chi connectivity index (χ1) is 14.1. The first-order valence-corrected chi connectivity index (χ1v) is 10.1. The quantitative estimate of drug-likeness (QED) is 0.632. The average molecular weight is 412 g/mol. The van der Waals surface area contributed by atoms with E-state index in [0.29, 0.717) is 17.8 Å². The lowest BCUT2D eigenvalue weighted by Crippen LogP contribution is -2.03. The molecule has 0 saturated carbocycles. The van der Waals surface area contributed by atoms with E-state index in [0.717, 1.165) is 34.9 Å². The molecule has 0 aliphatic heterocycles. The van der Waals surface area contributed by atoms with Crippen molar-refractivity contribution in [1.82, 2.24) is 44.9 Å². The molecular weight excluding hydrogens is 378 g/mol. The molecule has 0 aromatic carbocycles. The third-order valence-corrected chi connectivity index (χ3v) is 3.65. The lowest BCUT2D eigenvalue weighted by atomic mass is 10.2. The van der Waals surface area contributed by atoms with Crippen molar-refractivity contribution in [2.45, 2.75) is 80.1 Å². The zero-order valence-electron chi connectivity index (χ0n) is 19.5. The Labute approximate surface area is 179 Å². The Bertz CT molecular complexity index is 860. The average Bonchev–Trinajstić information content (AvgIpc) is 2.69. The van der Waals surface area contributed by atoms with Crippen LogP contribution in [0.4, 0.5) is 0 Å². The molecule has 3 aromatic rings. The van der Waals surface area contributed by atoms with Gasteiger partial charge in [0.2, 0.25) is 0 Å². The van der Waals surface area contributed by atoms with Gasteiger partial charge in [0.25, 0.3) is 0 Å². The molecule has 0 radical (unpaired) electrons. The molecule has 0 N–H and O–H groups in total. The largest absolute Gasteiger partial charge is 0.225 e. The molecule has 0 bridgehead atoms. The summed E-state index contributed by atoms with van der Waals surface area (Å²) in [6, 6.07) is 0. The van der Waals surface area contributed by atoms with Crippen LogP contribution in [0.1, 0.15) is 94.2 Å². The minimum atomic E-state index is 0.385. The number of aromatic nitrogens is 9. The summed E-state index contributed by atoms with van der Waals surface area (Å²) in [7, 11) is 0. The van der Waals surface area contributed by atoms with Crippen LogP contribution in [0.2, 0.25) is 0 Å². The molecule has 30 heavy (non-hydrogen) atoms. The van der Waals surface area contributed by atoms with Crippen LogP contribution in [0, 0.1) is 20.8 Å².